The summed E-state index contributed by atoms with van der Waals surface area (Å²) in [5.74, 6) is 0.0562. The lowest BCUT2D eigenvalue weighted by atomic mass is 9.96. The molecule has 1 saturated heterocycles. The fourth-order valence-corrected chi connectivity index (χ4v) is 4.34. The van der Waals surface area contributed by atoms with E-state index in [4.69, 9.17) is 15.2 Å². The van der Waals surface area contributed by atoms with Gasteiger partial charge in [0.25, 0.3) is 0 Å². The van der Waals surface area contributed by atoms with E-state index in [0.717, 1.165) is 31.7 Å². The second-order valence-electron chi connectivity index (χ2n) is 8.93. The number of nitrogens with two attached hydrogens (primary N) is 1. The van der Waals surface area contributed by atoms with Gasteiger partial charge in [0.05, 0.1) is 37.2 Å². The van der Waals surface area contributed by atoms with E-state index in [2.05, 4.69) is 16.0 Å². The maximum Gasteiger partial charge on any atom is 0.414 e. The highest BCUT2D eigenvalue weighted by Gasteiger charge is 2.37. The van der Waals surface area contributed by atoms with Gasteiger partial charge in [-0.25, -0.2) is 9.59 Å². The number of benzene rings is 1. The van der Waals surface area contributed by atoms with Crippen molar-refractivity contribution in [3.8, 4) is 0 Å². The molecule has 10 heteroatoms. The van der Waals surface area contributed by atoms with Crippen molar-refractivity contribution in [1.82, 2.24) is 16.0 Å². The Morgan fingerprint density at radius 2 is 2.03 bits per heavy atom. The molecule has 0 aromatic heterocycles. The first-order chi connectivity index (χ1) is 15.8. The maximum atomic E-state index is 12.9. The van der Waals surface area contributed by atoms with Crippen molar-refractivity contribution in [1.29, 1.82) is 0 Å². The third kappa shape index (κ3) is 6.14. The molecule has 1 aromatic rings. The zero-order chi connectivity index (χ0) is 24.0. The van der Waals surface area contributed by atoms with Gasteiger partial charge in [-0.1, -0.05) is 6.07 Å². The Morgan fingerprint density at radius 1 is 1.24 bits per heavy atom. The highest BCUT2D eigenvalue weighted by Crippen LogP contribution is 2.38. The van der Waals surface area contributed by atoms with Crippen LogP contribution in [0.15, 0.2) is 18.2 Å². The van der Waals surface area contributed by atoms with E-state index in [1.165, 1.54) is 7.11 Å². The number of carbonyl (C=O) groups excluding carboxylic acids is 2. The SMILES string of the molecule is COC(=O)N1c2ccc(C(CN)CNCC3CNCCN3)cc2N(C(=O)OC(C)C)C[C@@H]1C. The summed E-state index contributed by atoms with van der Waals surface area (Å²) in [5.41, 5.74) is 8.36. The number of ether oxygens (including phenoxy) is 2. The molecule has 3 rings (SSSR count). The second kappa shape index (κ2) is 11.6. The summed E-state index contributed by atoms with van der Waals surface area (Å²) in [6.45, 7) is 10.7. The minimum atomic E-state index is -0.459. The Kier molecular flexibility index (Phi) is 8.90. The lowest BCUT2D eigenvalue weighted by Crippen LogP contribution is -2.53. The van der Waals surface area contributed by atoms with Crippen molar-refractivity contribution in [2.24, 2.45) is 5.73 Å². The number of carbonyl (C=O) groups is 2. The Morgan fingerprint density at radius 3 is 2.67 bits per heavy atom. The van der Waals surface area contributed by atoms with Crippen molar-refractivity contribution in [2.45, 2.75) is 44.9 Å². The van der Waals surface area contributed by atoms with Crippen LogP contribution in [0.3, 0.4) is 0 Å². The molecular formula is C23H38N6O4. The summed E-state index contributed by atoms with van der Waals surface area (Å²) in [5, 5.41) is 10.4. The van der Waals surface area contributed by atoms with E-state index in [0.29, 0.717) is 37.1 Å². The molecule has 3 atom stereocenters. The molecule has 0 bridgehead atoms. The minimum absolute atomic E-state index is 0.0562. The van der Waals surface area contributed by atoms with Gasteiger partial charge >= 0.3 is 12.2 Å². The molecule has 1 aromatic carbocycles. The molecule has 2 heterocycles. The van der Waals surface area contributed by atoms with Gasteiger partial charge in [-0.15, -0.1) is 0 Å². The number of hydrogen-bond donors (Lipinski definition) is 4. The van der Waals surface area contributed by atoms with Crippen molar-refractivity contribution < 1.29 is 19.1 Å². The Balaban J connectivity index is 1.83. The standard InChI is InChI=1S/C23H38N6O4/c1-15(2)33-22(30)28-14-16(3)29(23(31)32-4)20-6-5-17(9-21(20)28)18(10-24)11-26-13-19-12-25-7-8-27-19/h5-6,9,15-16,18-19,25-27H,7-8,10-14,24H2,1-4H3/t16-,18?,19?/m0/s1. The van der Waals surface area contributed by atoms with E-state index < -0.39 is 12.2 Å². The molecule has 1 fully saturated rings. The largest absolute Gasteiger partial charge is 0.452 e. The van der Waals surface area contributed by atoms with Crippen LogP contribution >= 0.6 is 0 Å². The average molecular weight is 463 g/mol. The van der Waals surface area contributed by atoms with E-state index >= 15 is 0 Å². The van der Waals surface area contributed by atoms with Gasteiger partial charge in [0.1, 0.15) is 0 Å². The fourth-order valence-electron chi connectivity index (χ4n) is 4.34. The highest BCUT2D eigenvalue weighted by molar-refractivity contribution is 6.00. The van der Waals surface area contributed by atoms with E-state index in [-0.39, 0.29) is 18.1 Å². The molecule has 2 aliphatic heterocycles. The minimum Gasteiger partial charge on any atom is -0.452 e. The lowest BCUT2D eigenvalue weighted by molar-refractivity contribution is 0.121. The van der Waals surface area contributed by atoms with Crippen LogP contribution in [0.25, 0.3) is 0 Å². The van der Waals surface area contributed by atoms with Crippen LogP contribution in [0.4, 0.5) is 21.0 Å². The third-order valence-electron chi connectivity index (χ3n) is 6.03. The number of nitrogens with one attached hydrogen (secondary N) is 3. The average Bonchev–Trinajstić information content (AvgIpc) is 2.81. The quantitative estimate of drug-likeness (QED) is 0.477. The summed E-state index contributed by atoms with van der Waals surface area (Å²) in [6.07, 6.45) is -1.14. The summed E-state index contributed by atoms with van der Waals surface area (Å²) < 4.78 is 10.5. The molecular weight excluding hydrogens is 424 g/mol. The van der Waals surface area contributed by atoms with Gasteiger partial charge in [0, 0.05) is 51.2 Å². The van der Waals surface area contributed by atoms with E-state index in [1.54, 1.807) is 9.80 Å². The zero-order valence-electron chi connectivity index (χ0n) is 20.1. The van der Waals surface area contributed by atoms with Crippen molar-refractivity contribution in [2.75, 3.05) is 62.7 Å². The van der Waals surface area contributed by atoms with Gasteiger partial charge in [-0.05, 0) is 38.5 Å². The van der Waals surface area contributed by atoms with Crippen LogP contribution in [0.5, 0.6) is 0 Å². The number of methoxy groups -OCH3 is 1. The van der Waals surface area contributed by atoms with Gasteiger partial charge in [-0.3, -0.25) is 9.80 Å². The van der Waals surface area contributed by atoms with E-state index in [1.807, 2.05) is 39.0 Å². The van der Waals surface area contributed by atoms with E-state index in [9.17, 15) is 9.59 Å². The maximum absolute atomic E-state index is 12.9. The Bertz CT molecular complexity index is 814. The van der Waals surface area contributed by atoms with Gasteiger partial charge < -0.3 is 31.2 Å². The fraction of sp³-hybridized carbons (Fsp3) is 0.652. The molecule has 0 saturated carbocycles. The highest BCUT2D eigenvalue weighted by atomic mass is 16.6. The summed E-state index contributed by atoms with van der Waals surface area (Å²) in [4.78, 5) is 28.5. The van der Waals surface area contributed by atoms with Crippen LogP contribution in [-0.2, 0) is 9.47 Å². The topological polar surface area (TPSA) is 121 Å². The van der Waals surface area contributed by atoms with Crippen LogP contribution in [0, 0.1) is 0 Å². The molecule has 184 valence electrons. The van der Waals surface area contributed by atoms with Crippen LogP contribution in [0.1, 0.15) is 32.3 Å². The molecule has 0 radical (unpaired) electrons. The zero-order valence-corrected chi connectivity index (χ0v) is 20.1. The first-order valence-electron chi connectivity index (χ1n) is 11.7. The number of fused-ring (bicyclic) bond motifs is 1. The molecule has 2 amide bonds. The summed E-state index contributed by atoms with van der Waals surface area (Å²) in [6, 6.07) is 5.90. The van der Waals surface area contributed by atoms with Crippen molar-refractivity contribution in [3.05, 3.63) is 23.8 Å². The normalized spacial score (nSPS) is 21.5. The molecule has 10 nitrogen and oxygen atoms in total. The number of anilines is 2. The van der Waals surface area contributed by atoms with Gasteiger partial charge in [0.15, 0.2) is 0 Å². The summed E-state index contributed by atoms with van der Waals surface area (Å²) in [7, 11) is 1.36. The molecule has 0 spiro atoms. The summed E-state index contributed by atoms with van der Waals surface area (Å²) >= 11 is 0. The number of piperazine rings is 1. The van der Waals surface area contributed by atoms with Crippen LogP contribution < -0.4 is 31.5 Å². The third-order valence-corrected chi connectivity index (χ3v) is 6.03. The van der Waals surface area contributed by atoms with Crippen LogP contribution in [0.2, 0.25) is 0 Å². The smallest absolute Gasteiger partial charge is 0.414 e. The number of amides is 2. The molecule has 5 N–H and O–H groups in total. The molecule has 0 aliphatic carbocycles. The predicted molar refractivity (Wildman–Crippen MR) is 129 cm³/mol. The van der Waals surface area contributed by atoms with Crippen molar-refractivity contribution in [3.63, 3.8) is 0 Å². The molecule has 2 aliphatic rings. The monoisotopic (exact) mass is 462 g/mol. The van der Waals surface area contributed by atoms with Crippen LogP contribution in [-0.4, -0.2) is 83.3 Å². The van der Waals surface area contributed by atoms with Gasteiger partial charge in [-0.2, -0.15) is 0 Å². The Labute approximate surface area is 196 Å². The first-order valence-corrected chi connectivity index (χ1v) is 11.7. The predicted octanol–water partition coefficient (Wildman–Crippen LogP) is 1.21. The molecule has 2 unspecified atom stereocenters. The van der Waals surface area contributed by atoms with Gasteiger partial charge in [0.2, 0.25) is 0 Å². The number of hydrogen-bond acceptors (Lipinski definition) is 8. The number of rotatable bonds is 7. The van der Waals surface area contributed by atoms with Crippen molar-refractivity contribution >= 4 is 23.6 Å². The first kappa shape index (κ1) is 25.2. The Hall–Kier alpha value is -2.40. The molecule has 33 heavy (non-hydrogen) atoms. The number of nitrogens with zero attached hydrogens (tertiary/aromatic N) is 2. The second-order valence-corrected chi connectivity index (χ2v) is 8.93. The lowest BCUT2D eigenvalue weighted by Gasteiger charge is -2.40.